The summed E-state index contributed by atoms with van der Waals surface area (Å²) < 4.78 is 22.5. The van der Waals surface area contributed by atoms with Crippen molar-refractivity contribution in [3.8, 4) is 0 Å². The fraction of sp³-hybridized carbons (Fsp3) is 0.796. The van der Waals surface area contributed by atoms with E-state index in [2.05, 4.69) is 73.0 Å². The standard InChI is InChI=1S/C54H95NO13/c1-3-5-7-8-9-10-11-12-13-14-15-16-17-18-19-20-21-22-23-24-25-26-27-28-29-30-31-32-33-34-36-38-46(59)55-42(43(58)37-35-6-4-2)41-65-53-51(64)49(62)52(45(40-57)67-53)68-54-50(63)48(61)47(60)44(39-56)66-54/h5,7,9-10,12-13,15-16,18-19,42-45,47-54,56-58,60-64H,3-4,6,8,11,14,17,20-41H2,1-2H3,(H,55,59)/b7-5-,10-9-,13-12-,16-15-,19-18-. The largest absolute Gasteiger partial charge is 0.394 e. The van der Waals surface area contributed by atoms with Gasteiger partial charge in [-0.2, -0.15) is 0 Å². The summed E-state index contributed by atoms with van der Waals surface area (Å²) in [5.74, 6) is -0.221. The van der Waals surface area contributed by atoms with Crippen LogP contribution >= 0.6 is 0 Å². The van der Waals surface area contributed by atoms with E-state index < -0.39 is 86.8 Å². The van der Waals surface area contributed by atoms with E-state index in [0.29, 0.717) is 12.8 Å². The molecule has 68 heavy (non-hydrogen) atoms. The third-order valence-corrected chi connectivity index (χ3v) is 12.7. The van der Waals surface area contributed by atoms with Gasteiger partial charge in [0.2, 0.25) is 5.91 Å². The molecule has 0 aromatic heterocycles. The number of unbranched alkanes of at least 4 members (excludes halogenated alkanes) is 17. The molecule has 2 fully saturated rings. The maximum absolute atomic E-state index is 13.0. The number of allylic oxidation sites excluding steroid dienone is 10. The second-order valence-corrected chi connectivity index (χ2v) is 18.6. The van der Waals surface area contributed by atoms with Gasteiger partial charge >= 0.3 is 0 Å². The molecule has 0 bridgehead atoms. The van der Waals surface area contributed by atoms with Gasteiger partial charge in [0, 0.05) is 6.42 Å². The second kappa shape index (κ2) is 40.3. The van der Waals surface area contributed by atoms with Gasteiger partial charge in [0.15, 0.2) is 12.6 Å². The average molecular weight is 966 g/mol. The summed E-state index contributed by atoms with van der Waals surface area (Å²) in [7, 11) is 0. The lowest BCUT2D eigenvalue weighted by molar-refractivity contribution is -0.359. The molecule has 14 heteroatoms. The van der Waals surface area contributed by atoms with Crippen molar-refractivity contribution in [1.29, 1.82) is 0 Å². The van der Waals surface area contributed by atoms with Crippen LogP contribution < -0.4 is 5.32 Å². The Labute approximate surface area is 409 Å². The van der Waals surface area contributed by atoms with Crippen molar-refractivity contribution in [2.45, 2.75) is 254 Å². The minimum atomic E-state index is -1.78. The molecule has 0 radical (unpaired) electrons. The molecule has 0 aliphatic carbocycles. The lowest BCUT2D eigenvalue weighted by Crippen LogP contribution is -2.65. The van der Waals surface area contributed by atoms with Gasteiger partial charge in [-0.3, -0.25) is 4.79 Å². The zero-order chi connectivity index (χ0) is 49.6. The molecule has 9 N–H and O–H groups in total. The first-order chi connectivity index (χ1) is 33.1. The van der Waals surface area contributed by atoms with Crippen LogP contribution in [0.15, 0.2) is 60.8 Å². The van der Waals surface area contributed by atoms with Gasteiger partial charge < -0.3 is 65.1 Å². The summed E-state index contributed by atoms with van der Waals surface area (Å²) in [6, 6.07) is -0.825. The first-order valence-corrected chi connectivity index (χ1v) is 26.5. The molecule has 0 aromatic rings. The van der Waals surface area contributed by atoms with Crippen LogP contribution in [-0.4, -0.2) is 140 Å². The van der Waals surface area contributed by atoms with Crippen LogP contribution in [0.1, 0.15) is 181 Å². The summed E-state index contributed by atoms with van der Waals surface area (Å²) in [5.41, 5.74) is 0. The number of carbonyl (C=O) groups is 1. The topological polar surface area (TPSA) is 228 Å². The highest BCUT2D eigenvalue weighted by atomic mass is 16.7. The number of hydrogen-bond donors (Lipinski definition) is 9. The van der Waals surface area contributed by atoms with Crippen molar-refractivity contribution < 1.29 is 64.6 Å². The third-order valence-electron chi connectivity index (χ3n) is 12.7. The number of amides is 1. The number of hydrogen-bond acceptors (Lipinski definition) is 13. The number of aliphatic hydroxyl groups excluding tert-OH is 8. The van der Waals surface area contributed by atoms with Crippen LogP contribution in [0, 0.1) is 0 Å². The zero-order valence-electron chi connectivity index (χ0n) is 41.8. The Bertz CT molecular complexity index is 1370. The predicted octanol–water partition coefficient (Wildman–Crippen LogP) is 7.44. The first kappa shape index (κ1) is 61.8. The zero-order valence-corrected chi connectivity index (χ0v) is 41.8. The summed E-state index contributed by atoms with van der Waals surface area (Å²) >= 11 is 0. The summed E-state index contributed by atoms with van der Waals surface area (Å²) in [5, 5.41) is 86.1. The van der Waals surface area contributed by atoms with Crippen LogP contribution in [0.2, 0.25) is 0 Å². The molecule has 1 amide bonds. The minimum Gasteiger partial charge on any atom is -0.394 e. The molecule has 12 unspecified atom stereocenters. The summed E-state index contributed by atoms with van der Waals surface area (Å²) in [6.07, 6.45) is 33.5. The summed E-state index contributed by atoms with van der Waals surface area (Å²) in [6.45, 7) is 2.55. The number of nitrogens with one attached hydrogen (secondary N) is 1. The monoisotopic (exact) mass is 966 g/mol. The number of rotatable bonds is 40. The van der Waals surface area contributed by atoms with Crippen molar-refractivity contribution in [3.63, 3.8) is 0 Å². The normalized spacial score (nSPS) is 26.9. The highest BCUT2D eigenvalue weighted by Crippen LogP contribution is 2.30. The van der Waals surface area contributed by atoms with E-state index >= 15 is 0 Å². The van der Waals surface area contributed by atoms with Gasteiger partial charge in [-0.1, -0.05) is 177 Å². The molecule has 2 aliphatic heterocycles. The van der Waals surface area contributed by atoms with Gasteiger partial charge in [-0.25, -0.2) is 0 Å². The van der Waals surface area contributed by atoms with Crippen molar-refractivity contribution in [3.05, 3.63) is 60.8 Å². The molecule has 0 saturated carbocycles. The number of aliphatic hydroxyl groups is 8. The molecule has 394 valence electrons. The molecule has 2 heterocycles. The molecular formula is C54H95NO13. The average Bonchev–Trinajstić information content (AvgIpc) is 3.33. The molecule has 2 aliphatic rings. The van der Waals surface area contributed by atoms with E-state index in [9.17, 15) is 45.6 Å². The van der Waals surface area contributed by atoms with Crippen molar-refractivity contribution in [2.75, 3.05) is 19.8 Å². The molecule has 0 aromatic carbocycles. The van der Waals surface area contributed by atoms with Crippen LogP contribution in [0.4, 0.5) is 0 Å². The molecular weight excluding hydrogens is 871 g/mol. The van der Waals surface area contributed by atoms with E-state index in [1.165, 1.54) is 77.0 Å². The molecule has 2 saturated heterocycles. The Hall–Kier alpha value is -2.31. The second-order valence-electron chi connectivity index (χ2n) is 18.6. The van der Waals surface area contributed by atoms with E-state index in [1.807, 2.05) is 6.92 Å². The maximum atomic E-state index is 13.0. The Morgan fingerprint density at radius 1 is 0.544 bits per heavy atom. The fourth-order valence-corrected chi connectivity index (χ4v) is 8.44. The van der Waals surface area contributed by atoms with Gasteiger partial charge in [0.25, 0.3) is 0 Å². The number of carbonyl (C=O) groups excluding carboxylic acids is 1. The molecule has 0 spiro atoms. The lowest BCUT2D eigenvalue weighted by atomic mass is 9.97. The number of ether oxygens (including phenoxy) is 4. The highest BCUT2D eigenvalue weighted by Gasteiger charge is 2.51. The van der Waals surface area contributed by atoms with Crippen molar-refractivity contribution in [1.82, 2.24) is 5.32 Å². The van der Waals surface area contributed by atoms with Crippen LogP contribution in [0.25, 0.3) is 0 Å². The highest BCUT2D eigenvalue weighted by molar-refractivity contribution is 5.76. The minimum absolute atomic E-state index is 0.221. The van der Waals surface area contributed by atoms with E-state index in [0.717, 1.165) is 77.0 Å². The van der Waals surface area contributed by atoms with Crippen molar-refractivity contribution in [2.24, 2.45) is 0 Å². The first-order valence-electron chi connectivity index (χ1n) is 26.5. The van der Waals surface area contributed by atoms with Gasteiger partial charge in [0.05, 0.1) is 32.0 Å². The Morgan fingerprint density at radius 3 is 1.53 bits per heavy atom. The van der Waals surface area contributed by atoms with Gasteiger partial charge in [0.1, 0.15) is 48.8 Å². The molecule has 14 nitrogen and oxygen atoms in total. The predicted molar refractivity (Wildman–Crippen MR) is 267 cm³/mol. The smallest absolute Gasteiger partial charge is 0.220 e. The van der Waals surface area contributed by atoms with E-state index in [4.69, 9.17) is 18.9 Å². The fourth-order valence-electron chi connectivity index (χ4n) is 8.44. The Kier molecular flexibility index (Phi) is 36.6. The quantitative estimate of drug-likeness (QED) is 0.0215. The lowest BCUT2D eigenvalue weighted by Gasteiger charge is -2.46. The summed E-state index contributed by atoms with van der Waals surface area (Å²) in [4.78, 5) is 13.0. The Balaban J connectivity index is 1.54. The maximum Gasteiger partial charge on any atom is 0.220 e. The molecule has 2 rings (SSSR count). The third kappa shape index (κ3) is 26.8. The SMILES string of the molecule is CC/C=C\C/C=C\C/C=C\C/C=C\C/C=C\CCCCCCCCCCCCCCCCCC(=O)NC(COC1OC(CO)C(OC2OC(CO)C(O)C(O)C2O)C(O)C1O)C(O)CCCCC. The molecule has 12 atom stereocenters. The van der Waals surface area contributed by atoms with Crippen LogP contribution in [-0.2, 0) is 23.7 Å². The van der Waals surface area contributed by atoms with Gasteiger partial charge in [-0.05, 0) is 57.8 Å². The van der Waals surface area contributed by atoms with Gasteiger partial charge in [-0.15, -0.1) is 0 Å². The Morgan fingerprint density at radius 2 is 1.01 bits per heavy atom. The van der Waals surface area contributed by atoms with E-state index in [-0.39, 0.29) is 12.5 Å². The van der Waals surface area contributed by atoms with Crippen molar-refractivity contribution >= 4 is 5.91 Å². The van der Waals surface area contributed by atoms with Crippen LogP contribution in [0.5, 0.6) is 0 Å². The van der Waals surface area contributed by atoms with Crippen LogP contribution in [0.3, 0.4) is 0 Å². The van der Waals surface area contributed by atoms with E-state index in [1.54, 1.807) is 0 Å².